The summed E-state index contributed by atoms with van der Waals surface area (Å²) in [6.07, 6.45) is -0.368. The summed E-state index contributed by atoms with van der Waals surface area (Å²) in [6.45, 7) is 5.85. The van der Waals surface area contributed by atoms with E-state index in [2.05, 4.69) is 0 Å². The lowest BCUT2D eigenvalue weighted by Crippen LogP contribution is -2.31. The van der Waals surface area contributed by atoms with Crippen LogP contribution < -0.4 is 10.5 Å². The van der Waals surface area contributed by atoms with E-state index < -0.39 is 6.10 Å². The molecule has 0 saturated carbocycles. The van der Waals surface area contributed by atoms with Gasteiger partial charge in [0.25, 0.3) is 0 Å². The predicted molar refractivity (Wildman–Crippen MR) is 77.8 cm³/mol. The highest BCUT2D eigenvalue weighted by atomic mass is 16.6. The summed E-state index contributed by atoms with van der Waals surface area (Å²) in [7, 11) is 1.58. The zero-order chi connectivity index (χ0) is 15.1. The number of anilines is 1. The van der Waals surface area contributed by atoms with Crippen LogP contribution in [0.3, 0.4) is 0 Å². The SMILES string of the molecule is CCOC(=O)C(Cc1cc(N)ccc1OC)OC(C)C. The Balaban J connectivity index is 2.93. The second kappa shape index (κ2) is 7.75. The molecule has 20 heavy (non-hydrogen) atoms. The zero-order valence-corrected chi connectivity index (χ0v) is 12.5. The van der Waals surface area contributed by atoms with E-state index in [1.807, 2.05) is 13.8 Å². The lowest BCUT2D eigenvalue weighted by Gasteiger charge is -2.20. The van der Waals surface area contributed by atoms with Gasteiger partial charge in [0.05, 0.1) is 19.8 Å². The number of carbonyl (C=O) groups is 1. The summed E-state index contributed by atoms with van der Waals surface area (Å²) in [4.78, 5) is 11.9. The van der Waals surface area contributed by atoms with E-state index in [0.717, 1.165) is 5.56 Å². The topological polar surface area (TPSA) is 70.8 Å². The van der Waals surface area contributed by atoms with Gasteiger partial charge in [-0.25, -0.2) is 4.79 Å². The van der Waals surface area contributed by atoms with Crippen molar-refractivity contribution >= 4 is 11.7 Å². The van der Waals surface area contributed by atoms with Gasteiger partial charge in [-0.1, -0.05) is 0 Å². The van der Waals surface area contributed by atoms with Crippen molar-refractivity contribution in [2.24, 2.45) is 0 Å². The highest BCUT2D eigenvalue weighted by molar-refractivity contribution is 5.75. The number of methoxy groups -OCH3 is 1. The molecule has 0 aromatic heterocycles. The molecule has 0 bridgehead atoms. The summed E-state index contributed by atoms with van der Waals surface area (Å²) >= 11 is 0. The average Bonchev–Trinajstić information content (AvgIpc) is 2.38. The monoisotopic (exact) mass is 281 g/mol. The third-order valence-corrected chi connectivity index (χ3v) is 2.70. The Morgan fingerprint density at radius 1 is 1.35 bits per heavy atom. The van der Waals surface area contributed by atoms with Crippen LogP contribution in [0.2, 0.25) is 0 Å². The molecule has 0 aliphatic heterocycles. The van der Waals surface area contributed by atoms with Gasteiger partial charge in [-0.05, 0) is 44.5 Å². The Morgan fingerprint density at radius 3 is 2.60 bits per heavy atom. The van der Waals surface area contributed by atoms with Gasteiger partial charge in [0.2, 0.25) is 0 Å². The molecule has 0 heterocycles. The molecule has 5 heteroatoms. The van der Waals surface area contributed by atoms with E-state index in [0.29, 0.717) is 24.5 Å². The largest absolute Gasteiger partial charge is 0.496 e. The average molecular weight is 281 g/mol. The minimum Gasteiger partial charge on any atom is -0.496 e. The van der Waals surface area contributed by atoms with Crippen molar-refractivity contribution in [3.05, 3.63) is 23.8 Å². The first kappa shape index (κ1) is 16.3. The third kappa shape index (κ3) is 4.74. The molecular formula is C15H23NO4. The Hall–Kier alpha value is -1.75. The number of hydrogen-bond acceptors (Lipinski definition) is 5. The first-order chi connectivity index (χ1) is 9.47. The first-order valence-electron chi connectivity index (χ1n) is 6.72. The lowest BCUT2D eigenvalue weighted by atomic mass is 10.1. The van der Waals surface area contributed by atoms with E-state index >= 15 is 0 Å². The summed E-state index contributed by atoms with van der Waals surface area (Å²) in [5, 5.41) is 0. The standard InChI is InChI=1S/C15H23NO4/c1-5-19-15(17)14(20-10(2)3)9-11-8-12(16)6-7-13(11)18-4/h6-8,10,14H,5,9,16H2,1-4H3. The minimum absolute atomic E-state index is 0.0727. The van der Waals surface area contributed by atoms with Gasteiger partial charge in [-0.15, -0.1) is 0 Å². The van der Waals surface area contributed by atoms with Crippen LogP contribution in [-0.4, -0.2) is 31.9 Å². The smallest absolute Gasteiger partial charge is 0.335 e. The second-order valence-electron chi connectivity index (χ2n) is 4.70. The summed E-state index contributed by atoms with van der Waals surface area (Å²) in [6, 6.07) is 5.32. The van der Waals surface area contributed by atoms with Gasteiger partial charge in [-0.2, -0.15) is 0 Å². The highest BCUT2D eigenvalue weighted by Crippen LogP contribution is 2.24. The quantitative estimate of drug-likeness (QED) is 0.612. The van der Waals surface area contributed by atoms with E-state index in [-0.39, 0.29) is 12.1 Å². The van der Waals surface area contributed by atoms with E-state index in [9.17, 15) is 4.79 Å². The molecule has 1 rings (SSSR count). The maximum absolute atomic E-state index is 11.9. The van der Waals surface area contributed by atoms with Gasteiger partial charge >= 0.3 is 5.97 Å². The lowest BCUT2D eigenvalue weighted by molar-refractivity contribution is -0.159. The predicted octanol–water partition coefficient (Wildman–Crippen LogP) is 2.18. The Kier molecular flexibility index (Phi) is 6.31. The number of nitrogen functional groups attached to an aromatic ring is 1. The number of carbonyl (C=O) groups excluding carboxylic acids is 1. The van der Waals surface area contributed by atoms with Crippen molar-refractivity contribution in [2.75, 3.05) is 19.5 Å². The maximum Gasteiger partial charge on any atom is 0.335 e. The van der Waals surface area contributed by atoms with Gasteiger partial charge in [0.15, 0.2) is 6.10 Å². The number of benzene rings is 1. The molecule has 0 aliphatic rings. The van der Waals surface area contributed by atoms with Crippen LogP contribution in [0, 0.1) is 0 Å². The molecule has 0 spiro atoms. The summed E-state index contributed by atoms with van der Waals surface area (Å²) in [5.41, 5.74) is 7.23. The van der Waals surface area contributed by atoms with Crippen LogP contribution in [-0.2, 0) is 20.7 Å². The van der Waals surface area contributed by atoms with Gasteiger partial charge in [0, 0.05) is 12.1 Å². The maximum atomic E-state index is 11.9. The van der Waals surface area contributed by atoms with E-state index in [4.69, 9.17) is 19.9 Å². The molecule has 1 aromatic rings. The van der Waals surface area contributed by atoms with Crippen molar-refractivity contribution in [1.29, 1.82) is 0 Å². The van der Waals surface area contributed by atoms with Crippen LogP contribution in [0.25, 0.3) is 0 Å². The fraction of sp³-hybridized carbons (Fsp3) is 0.533. The van der Waals surface area contributed by atoms with Crippen LogP contribution in [0.1, 0.15) is 26.3 Å². The molecule has 1 aromatic carbocycles. The molecule has 0 aliphatic carbocycles. The Bertz CT molecular complexity index is 445. The molecular weight excluding hydrogens is 258 g/mol. The molecule has 0 amide bonds. The van der Waals surface area contributed by atoms with Gasteiger partial charge in [0.1, 0.15) is 5.75 Å². The molecule has 1 atom stereocenters. The van der Waals surface area contributed by atoms with Crippen molar-refractivity contribution in [3.8, 4) is 5.75 Å². The Labute approximate surface area is 120 Å². The molecule has 0 fully saturated rings. The molecule has 2 N–H and O–H groups in total. The van der Waals surface area contributed by atoms with Crippen LogP contribution in [0.4, 0.5) is 5.69 Å². The fourth-order valence-corrected chi connectivity index (χ4v) is 1.91. The van der Waals surface area contributed by atoms with E-state index in [1.165, 1.54) is 0 Å². The number of ether oxygens (including phenoxy) is 3. The first-order valence-corrected chi connectivity index (χ1v) is 6.72. The van der Waals surface area contributed by atoms with Gasteiger partial charge in [-0.3, -0.25) is 0 Å². The molecule has 0 saturated heterocycles. The molecule has 0 radical (unpaired) electrons. The number of hydrogen-bond donors (Lipinski definition) is 1. The van der Waals surface area contributed by atoms with Gasteiger partial charge < -0.3 is 19.9 Å². The van der Waals surface area contributed by atoms with Crippen LogP contribution in [0.15, 0.2) is 18.2 Å². The Morgan fingerprint density at radius 2 is 2.05 bits per heavy atom. The van der Waals surface area contributed by atoms with E-state index in [1.54, 1.807) is 32.2 Å². The highest BCUT2D eigenvalue weighted by Gasteiger charge is 2.24. The molecule has 112 valence electrons. The minimum atomic E-state index is -0.661. The number of nitrogens with two attached hydrogens (primary N) is 1. The summed E-state index contributed by atoms with van der Waals surface area (Å²) in [5.74, 6) is 0.312. The number of rotatable bonds is 7. The van der Waals surface area contributed by atoms with Crippen LogP contribution >= 0.6 is 0 Å². The van der Waals surface area contributed by atoms with Crippen molar-refractivity contribution in [3.63, 3.8) is 0 Å². The zero-order valence-electron chi connectivity index (χ0n) is 12.5. The van der Waals surface area contributed by atoms with Crippen molar-refractivity contribution < 1.29 is 19.0 Å². The van der Waals surface area contributed by atoms with Crippen LogP contribution in [0.5, 0.6) is 5.75 Å². The normalized spacial score (nSPS) is 12.2. The summed E-state index contributed by atoms with van der Waals surface area (Å²) < 4.78 is 16.0. The molecule has 1 unspecified atom stereocenters. The number of esters is 1. The van der Waals surface area contributed by atoms with Crippen molar-refractivity contribution in [2.45, 2.75) is 39.4 Å². The molecule has 5 nitrogen and oxygen atoms in total. The fourth-order valence-electron chi connectivity index (χ4n) is 1.91. The van der Waals surface area contributed by atoms with Crippen molar-refractivity contribution in [1.82, 2.24) is 0 Å². The second-order valence-corrected chi connectivity index (χ2v) is 4.70. The third-order valence-electron chi connectivity index (χ3n) is 2.70.